The van der Waals surface area contributed by atoms with Crippen molar-refractivity contribution in [2.24, 2.45) is 0 Å². The number of nitro groups is 1. The van der Waals surface area contributed by atoms with Gasteiger partial charge in [0.05, 0.1) is 4.92 Å². The molecule has 0 aromatic heterocycles. The SMILES string of the molecule is C[Si](C)(C)OC1(C(F)(F)F)CCCc2ccc([N+](=O)[O-])cc21. The second kappa shape index (κ2) is 5.34. The van der Waals surface area contributed by atoms with Gasteiger partial charge in [0.25, 0.3) is 5.69 Å². The number of non-ortho nitro benzene ring substituents is 1. The van der Waals surface area contributed by atoms with Crippen LogP contribution in [0.25, 0.3) is 0 Å². The highest BCUT2D eigenvalue weighted by Gasteiger charge is 2.60. The van der Waals surface area contributed by atoms with Gasteiger partial charge in [-0.25, -0.2) is 0 Å². The standard InChI is InChI=1S/C14H18F3NO3Si/c1-22(2,3)21-13(14(15,16)17)8-4-5-10-6-7-11(18(19)20)9-12(10)13/h6-7,9H,4-5,8H2,1-3H3. The fraction of sp³-hybridized carbons (Fsp3) is 0.571. The monoisotopic (exact) mass is 333 g/mol. The maximum Gasteiger partial charge on any atom is 0.420 e. The highest BCUT2D eigenvalue weighted by atomic mass is 28.4. The number of halogens is 3. The van der Waals surface area contributed by atoms with Crippen LogP contribution in [0.15, 0.2) is 18.2 Å². The molecular weight excluding hydrogens is 315 g/mol. The molecule has 0 bridgehead atoms. The first-order chi connectivity index (χ1) is 9.96. The molecule has 22 heavy (non-hydrogen) atoms. The predicted octanol–water partition coefficient (Wildman–Crippen LogP) is 4.54. The molecule has 0 spiro atoms. The van der Waals surface area contributed by atoms with Crippen molar-refractivity contribution >= 4 is 14.0 Å². The van der Waals surface area contributed by atoms with Crippen LogP contribution in [-0.4, -0.2) is 19.4 Å². The van der Waals surface area contributed by atoms with Crippen molar-refractivity contribution in [3.63, 3.8) is 0 Å². The summed E-state index contributed by atoms with van der Waals surface area (Å²) in [5, 5.41) is 10.9. The molecule has 0 saturated heterocycles. The Morgan fingerprint density at radius 1 is 1.32 bits per heavy atom. The molecule has 8 heteroatoms. The van der Waals surface area contributed by atoms with Gasteiger partial charge in [0, 0.05) is 17.7 Å². The minimum absolute atomic E-state index is 0.0946. The average Bonchev–Trinajstić information content (AvgIpc) is 2.35. The Bertz CT molecular complexity index is 598. The fourth-order valence-corrected chi connectivity index (χ4v) is 4.29. The molecular formula is C14H18F3NO3Si. The van der Waals surface area contributed by atoms with E-state index in [0.29, 0.717) is 18.4 Å². The van der Waals surface area contributed by atoms with E-state index >= 15 is 0 Å². The molecule has 1 unspecified atom stereocenters. The molecule has 4 nitrogen and oxygen atoms in total. The van der Waals surface area contributed by atoms with Gasteiger partial charge in [-0.05, 0) is 44.5 Å². The van der Waals surface area contributed by atoms with Gasteiger partial charge in [-0.3, -0.25) is 10.1 Å². The number of nitro benzene ring substituents is 1. The maximum absolute atomic E-state index is 13.9. The van der Waals surface area contributed by atoms with Crippen LogP contribution in [0.3, 0.4) is 0 Å². The third kappa shape index (κ3) is 3.03. The zero-order chi connectivity index (χ0) is 16.8. The summed E-state index contributed by atoms with van der Waals surface area (Å²) in [5.41, 5.74) is -2.39. The summed E-state index contributed by atoms with van der Waals surface area (Å²) < 4.78 is 47.2. The zero-order valence-electron chi connectivity index (χ0n) is 12.7. The van der Waals surface area contributed by atoms with Crippen molar-refractivity contribution in [3.8, 4) is 0 Å². The first kappa shape index (κ1) is 16.9. The van der Waals surface area contributed by atoms with Gasteiger partial charge < -0.3 is 4.43 Å². The van der Waals surface area contributed by atoms with Gasteiger partial charge in [0.1, 0.15) is 0 Å². The topological polar surface area (TPSA) is 52.4 Å². The van der Waals surface area contributed by atoms with E-state index in [4.69, 9.17) is 4.43 Å². The number of aryl methyl sites for hydroxylation is 1. The van der Waals surface area contributed by atoms with E-state index in [9.17, 15) is 23.3 Å². The quantitative estimate of drug-likeness (QED) is 0.463. The minimum atomic E-state index is -4.61. The first-order valence-corrected chi connectivity index (χ1v) is 10.4. The van der Waals surface area contributed by atoms with Gasteiger partial charge in [-0.15, -0.1) is 0 Å². The lowest BCUT2D eigenvalue weighted by Gasteiger charge is -2.44. The number of fused-ring (bicyclic) bond motifs is 1. The van der Waals surface area contributed by atoms with Crippen LogP contribution in [0.2, 0.25) is 19.6 Å². The lowest BCUT2D eigenvalue weighted by molar-refractivity contribution is -0.385. The fourth-order valence-electron chi connectivity index (χ4n) is 2.92. The molecule has 0 fully saturated rings. The molecule has 0 saturated carbocycles. The van der Waals surface area contributed by atoms with Crippen LogP contribution >= 0.6 is 0 Å². The molecule has 122 valence electrons. The molecule has 0 amide bonds. The number of benzene rings is 1. The lowest BCUT2D eigenvalue weighted by atomic mass is 9.78. The average molecular weight is 333 g/mol. The molecule has 1 atom stereocenters. The lowest BCUT2D eigenvalue weighted by Crippen LogP contribution is -2.52. The normalized spacial score (nSPS) is 22.3. The third-order valence-electron chi connectivity index (χ3n) is 3.65. The molecule has 1 aliphatic carbocycles. The Morgan fingerprint density at radius 3 is 2.45 bits per heavy atom. The van der Waals surface area contributed by atoms with E-state index in [-0.39, 0.29) is 17.7 Å². The Hall–Kier alpha value is -1.41. The molecule has 1 aromatic carbocycles. The summed E-state index contributed by atoms with van der Waals surface area (Å²) in [5.74, 6) is 0. The second-order valence-corrected chi connectivity index (χ2v) is 10.9. The Kier molecular flexibility index (Phi) is 4.12. The summed E-state index contributed by atoms with van der Waals surface area (Å²) in [4.78, 5) is 10.2. The number of hydrogen-bond donors (Lipinski definition) is 0. The summed E-state index contributed by atoms with van der Waals surface area (Å²) in [6.07, 6.45) is -4.00. The molecule has 0 radical (unpaired) electrons. The third-order valence-corrected chi connectivity index (χ3v) is 4.61. The van der Waals surface area contributed by atoms with Gasteiger partial charge in [0.15, 0.2) is 13.9 Å². The van der Waals surface area contributed by atoms with Crippen molar-refractivity contribution in [2.75, 3.05) is 0 Å². The van der Waals surface area contributed by atoms with Crippen LogP contribution in [0.4, 0.5) is 18.9 Å². The van der Waals surface area contributed by atoms with Crippen molar-refractivity contribution in [1.82, 2.24) is 0 Å². The largest absolute Gasteiger partial charge is 0.420 e. The summed E-state index contributed by atoms with van der Waals surface area (Å²) in [7, 11) is -2.53. The van der Waals surface area contributed by atoms with Crippen LogP contribution in [0.1, 0.15) is 24.0 Å². The van der Waals surface area contributed by atoms with E-state index in [1.54, 1.807) is 19.6 Å². The van der Waals surface area contributed by atoms with Crippen LogP contribution in [0, 0.1) is 10.1 Å². The Balaban J connectivity index is 2.67. The maximum atomic E-state index is 13.9. The summed E-state index contributed by atoms with van der Waals surface area (Å²) in [6.45, 7) is 5.06. The Morgan fingerprint density at radius 2 is 1.95 bits per heavy atom. The summed E-state index contributed by atoms with van der Waals surface area (Å²) >= 11 is 0. The predicted molar refractivity (Wildman–Crippen MR) is 78.2 cm³/mol. The van der Waals surface area contributed by atoms with E-state index in [0.717, 1.165) is 6.07 Å². The van der Waals surface area contributed by atoms with E-state index < -0.39 is 25.0 Å². The van der Waals surface area contributed by atoms with E-state index in [1.807, 2.05) is 0 Å². The van der Waals surface area contributed by atoms with Crippen LogP contribution in [-0.2, 0) is 16.4 Å². The van der Waals surface area contributed by atoms with Crippen molar-refractivity contribution in [2.45, 2.75) is 50.7 Å². The number of alkyl halides is 3. The van der Waals surface area contributed by atoms with Crippen LogP contribution < -0.4 is 0 Å². The van der Waals surface area contributed by atoms with Gasteiger partial charge in [-0.2, -0.15) is 13.2 Å². The van der Waals surface area contributed by atoms with Crippen molar-refractivity contribution < 1.29 is 22.5 Å². The molecule has 1 aliphatic rings. The molecule has 0 heterocycles. The van der Waals surface area contributed by atoms with Gasteiger partial charge in [0.2, 0.25) is 0 Å². The highest BCUT2D eigenvalue weighted by Crippen LogP contribution is 2.51. The van der Waals surface area contributed by atoms with Crippen LogP contribution in [0.5, 0.6) is 0 Å². The number of nitrogens with zero attached hydrogens (tertiary/aromatic N) is 1. The van der Waals surface area contributed by atoms with E-state index in [1.165, 1.54) is 12.1 Å². The van der Waals surface area contributed by atoms with Crippen molar-refractivity contribution in [3.05, 3.63) is 39.4 Å². The minimum Gasteiger partial charge on any atom is -0.400 e. The molecule has 0 N–H and O–H groups in total. The van der Waals surface area contributed by atoms with E-state index in [2.05, 4.69) is 0 Å². The molecule has 1 aromatic rings. The number of hydrogen-bond acceptors (Lipinski definition) is 3. The highest BCUT2D eigenvalue weighted by molar-refractivity contribution is 6.69. The Labute approximate surface area is 127 Å². The second-order valence-electron chi connectivity index (χ2n) is 6.49. The number of rotatable bonds is 3. The molecule has 0 aliphatic heterocycles. The van der Waals surface area contributed by atoms with Crippen molar-refractivity contribution in [1.29, 1.82) is 0 Å². The first-order valence-electron chi connectivity index (χ1n) is 7.01. The summed E-state index contributed by atoms with van der Waals surface area (Å²) in [6, 6.07) is 3.70. The van der Waals surface area contributed by atoms with Gasteiger partial charge in [-0.1, -0.05) is 6.07 Å². The molecule has 2 rings (SSSR count). The smallest absolute Gasteiger partial charge is 0.400 e. The van der Waals surface area contributed by atoms with Gasteiger partial charge >= 0.3 is 6.18 Å². The zero-order valence-corrected chi connectivity index (χ0v) is 13.7.